The van der Waals surface area contributed by atoms with Gasteiger partial charge in [0.05, 0.1) is 22.0 Å². The fourth-order valence-corrected chi connectivity index (χ4v) is 6.38. The van der Waals surface area contributed by atoms with Crippen LogP contribution in [0.1, 0.15) is 26.2 Å². The Morgan fingerprint density at radius 3 is 2.58 bits per heavy atom. The number of aryl methyl sites for hydroxylation is 1. The Kier molecular flexibility index (Phi) is 7.58. The molecule has 1 aromatic heterocycles. The summed E-state index contributed by atoms with van der Waals surface area (Å²) in [7, 11) is -3.53. The maximum atomic E-state index is 13.0. The number of fused-ring (bicyclic) bond motifs is 1. The van der Waals surface area contributed by atoms with Crippen molar-refractivity contribution in [2.45, 2.75) is 48.9 Å². The molecule has 3 aromatic rings. The molecule has 1 fully saturated rings. The minimum absolute atomic E-state index is 0.0726. The van der Waals surface area contributed by atoms with Crippen LogP contribution in [0.2, 0.25) is 0 Å². The molecular formula is C23H28FN3O4S2. The molecule has 0 aliphatic carbocycles. The number of ether oxygens (including phenoxy) is 1. The molecule has 1 atom stereocenters. The first kappa shape index (κ1) is 24.0. The fourth-order valence-electron chi connectivity index (χ4n) is 3.86. The Bertz CT molecular complexity index is 1190. The Hall–Kier alpha value is -2.14. The van der Waals surface area contributed by atoms with Crippen molar-refractivity contribution in [2.75, 3.05) is 25.4 Å². The van der Waals surface area contributed by atoms with E-state index in [1.54, 1.807) is 22.5 Å². The number of piperidine rings is 1. The maximum absolute atomic E-state index is 13.0. The molecule has 4 rings (SSSR count). The van der Waals surface area contributed by atoms with E-state index in [1.165, 1.54) is 36.0 Å². The zero-order valence-electron chi connectivity index (χ0n) is 18.5. The van der Waals surface area contributed by atoms with Crippen molar-refractivity contribution in [2.24, 2.45) is 0 Å². The summed E-state index contributed by atoms with van der Waals surface area (Å²) in [6.07, 6.45) is 2.09. The van der Waals surface area contributed by atoms with Gasteiger partial charge in [-0.05, 0) is 62.2 Å². The molecule has 0 spiro atoms. The molecule has 1 aliphatic heterocycles. The zero-order valence-corrected chi connectivity index (χ0v) is 20.1. The van der Waals surface area contributed by atoms with Crippen molar-refractivity contribution in [3.8, 4) is 5.75 Å². The Labute approximate surface area is 197 Å². The smallest absolute Gasteiger partial charge is 0.243 e. The lowest BCUT2D eigenvalue weighted by Crippen LogP contribution is -2.35. The van der Waals surface area contributed by atoms with E-state index in [1.807, 2.05) is 11.5 Å². The van der Waals surface area contributed by atoms with Crippen LogP contribution in [-0.2, 0) is 16.6 Å². The minimum Gasteiger partial charge on any atom is -0.491 e. The van der Waals surface area contributed by atoms with Gasteiger partial charge in [-0.2, -0.15) is 4.31 Å². The summed E-state index contributed by atoms with van der Waals surface area (Å²) in [5.41, 5.74) is 1.48. The molecule has 7 nitrogen and oxygen atoms in total. The average Bonchev–Trinajstić information content (AvgIpc) is 3.19. The number of aliphatic hydroxyl groups excluding tert-OH is 1. The number of nitrogens with zero attached hydrogens (tertiary/aromatic N) is 3. The number of imidazole rings is 1. The number of halogens is 1. The monoisotopic (exact) mass is 493 g/mol. The molecular weight excluding hydrogens is 465 g/mol. The maximum Gasteiger partial charge on any atom is 0.243 e. The topological polar surface area (TPSA) is 84.7 Å². The quantitative estimate of drug-likeness (QED) is 0.455. The van der Waals surface area contributed by atoms with E-state index in [0.717, 1.165) is 24.8 Å². The highest BCUT2D eigenvalue weighted by molar-refractivity contribution is 7.99. The van der Waals surface area contributed by atoms with E-state index < -0.39 is 16.1 Å². The summed E-state index contributed by atoms with van der Waals surface area (Å²) < 4.78 is 48.1. The number of aliphatic hydroxyl groups is 1. The fraction of sp³-hybridized carbons (Fsp3) is 0.435. The average molecular weight is 494 g/mol. The molecule has 1 aliphatic rings. The van der Waals surface area contributed by atoms with Crippen LogP contribution >= 0.6 is 11.8 Å². The predicted molar refractivity (Wildman–Crippen MR) is 127 cm³/mol. The Morgan fingerprint density at radius 2 is 1.88 bits per heavy atom. The lowest BCUT2D eigenvalue weighted by Gasteiger charge is -2.25. The van der Waals surface area contributed by atoms with E-state index in [4.69, 9.17) is 4.74 Å². The van der Waals surface area contributed by atoms with Crippen molar-refractivity contribution >= 4 is 32.8 Å². The summed E-state index contributed by atoms with van der Waals surface area (Å²) in [4.78, 5) is 4.92. The molecule has 1 N–H and O–H groups in total. The highest BCUT2D eigenvalue weighted by atomic mass is 32.2. The summed E-state index contributed by atoms with van der Waals surface area (Å²) in [6, 6.07) is 10.7. The first-order chi connectivity index (χ1) is 15.9. The van der Waals surface area contributed by atoms with E-state index in [2.05, 4.69) is 4.98 Å². The third kappa shape index (κ3) is 5.51. The number of thioether (sulfide) groups is 1. The number of aromatic nitrogens is 2. The van der Waals surface area contributed by atoms with E-state index in [0.29, 0.717) is 41.8 Å². The second-order valence-electron chi connectivity index (χ2n) is 7.98. The van der Waals surface area contributed by atoms with E-state index in [-0.39, 0.29) is 17.3 Å². The van der Waals surface area contributed by atoms with Crippen LogP contribution < -0.4 is 4.74 Å². The molecule has 0 radical (unpaired) electrons. The van der Waals surface area contributed by atoms with Crippen LogP contribution in [-0.4, -0.2) is 58.9 Å². The van der Waals surface area contributed by atoms with Crippen LogP contribution in [0.5, 0.6) is 5.75 Å². The van der Waals surface area contributed by atoms with Crippen LogP contribution in [0.25, 0.3) is 11.0 Å². The van der Waals surface area contributed by atoms with Gasteiger partial charge in [0.25, 0.3) is 0 Å². The van der Waals surface area contributed by atoms with Crippen LogP contribution in [0.3, 0.4) is 0 Å². The SMILES string of the molecule is CCn1c(SC[C@H](O)COc2ccc(F)cc2)nc2cc(S(=O)(=O)N3CCCCC3)ccc21. The van der Waals surface area contributed by atoms with Crippen LogP contribution in [0.15, 0.2) is 52.5 Å². The Morgan fingerprint density at radius 1 is 1.15 bits per heavy atom. The van der Waals surface area contributed by atoms with Crippen molar-refractivity contribution in [1.29, 1.82) is 0 Å². The summed E-state index contributed by atoms with van der Waals surface area (Å²) in [5, 5.41) is 11.0. The molecule has 33 heavy (non-hydrogen) atoms. The van der Waals surface area contributed by atoms with Gasteiger partial charge < -0.3 is 14.4 Å². The van der Waals surface area contributed by atoms with Gasteiger partial charge in [-0.3, -0.25) is 0 Å². The first-order valence-electron chi connectivity index (χ1n) is 11.1. The first-order valence-corrected chi connectivity index (χ1v) is 13.5. The molecule has 178 valence electrons. The molecule has 1 saturated heterocycles. The second-order valence-corrected chi connectivity index (χ2v) is 10.9. The second kappa shape index (κ2) is 10.4. The summed E-state index contributed by atoms with van der Waals surface area (Å²) in [6.45, 7) is 3.85. The molecule has 10 heteroatoms. The van der Waals surface area contributed by atoms with E-state index in [9.17, 15) is 17.9 Å². The van der Waals surface area contributed by atoms with Gasteiger partial charge in [0.1, 0.15) is 18.2 Å². The third-order valence-corrected chi connectivity index (χ3v) is 8.63. The van der Waals surface area contributed by atoms with Gasteiger partial charge in [0, 0.05) is 25.4 Å². The number of benzene rings is 2. The van der Waals surface area contributed by atoms with Crippen molar-refractivity contribution in [3.05, 3.63) is 48.3 Å². The van der Waals surface area contributed by atoms with Crippen LogP contribution in [0, 0.1) is 5.82 Å². The van der Waals surface area contributed by atoms with E-state index >= 15 is 0 Å². The standard InChI is InChI=1S/C23H28FN3O4S2/c1-2-27-22-11-10-20(33(29,30)26-12-4-3-5-13-26)14-21(22)25-23(27)32-16-18(28)15-31-19-8-6-17(24)7-9-19/h6-11,14,18,28H,2-5,12-13,15-16H2,1H3/t18-/m1/s1. The molecule has 0 amide bonds. The number of hydrogen-bond donors (Lipinski definition) is 1. The van der Waals surface area contributed by atoms with Gasteiger partial charge in [-0.15, -0.1) is 0 Å². The minimum atomic E-state index is -3.53. The third-order valence-electron chi connectivity index (χ3n) is 5.61. The van der Waals surface area contributed by atoms with Gasteiger partial charge in [-0.1, -0.05) is 18.2 Å². The molecule has 0 saturated carbocycles. The number of rotatable bonds is 9. The lowest BCUT2D eigenvalue weighted by molar-refractivity contribution is 0.126. The molecule has 0 bridgehead atoms. The van der Waals surface area contributed by atoms with Gasteiger partial charge in [0.15, 0.2) is 5.16 Å². The zero-order chi connectivity index (χ0) is 23.4. The summed E-state index contributed by atoms with van der Waals surface area (Å²) >= 11 is 1.39. The predicted octanol–water partition coefficient (Wildman–Crippen LogP) is 3.90. The van der Waals surface area contributed by atoms with Gasteiger partial charge in [0.2, 0.25) is 10.0 Å². The van der Waals surface area contributed by atoms with Crippen LogP contribution in [0.4, 0.5) is 4.39 Å². The highest BCUT2D eigenvalue weighted by Gasteiger charge is 2.26. The number of sulfonamides is 1. The van der Waals surface area contributed by atoms with Crippen molar-refractivity contribution in [1.82, 2.24) is 13.9 Å². The number of hydrogen-bond acceptors (Lipinski definition) is 6. The normalized spacial score (nSPS) is 16.2. The summed E-state index contributed by atoms with van der Waals surface area (Å²) in [5.74, 6) is 0.496. The van der Waals surface area contributed by atoms with Gasteiger partial charge >= 0.3 is 0 Å². The molecule has 2 heterocycles. The van der Waals surface area contributed by atoms with Gasteiger partial charge in [-0.25, -0.2) is 17.8 Å². The lowest BCUT2D eigenvalue weighted by atomic mass is 10.2. The molecule has 2 aromatic carbocycles. The Balaban J connectivity index is 1.45. The van der Waals surface area contributed by atoms with Crippen molar-refractivity contribution < 1.29 is 22.7 Å². The van der Waals surface area contributed by atoms with Crippen molar-refractivity contribution in [3.63, 3.8) is 0 Å². The molecule has 0 unspecified atom stereocenters. The highest BCUT2D eigenvalue weighted by Crippen LogP contribution is 2.28. The largest absolute Gasteiger partial charge is 0.491 e.